The average Bonchev–Trinajstić information content (AvgIpc) is 3.59. The molecule has 5 aliphatic rings. The number of likely N-dealkylation sites (tertiary alicyclic amines) is 1. The first-order valence-corrected chi connectivity index (χ1v) is 17.3. The third-order valence-electron chi connectivity index (χ3n) is 11.6. The Labute approximate surface area is 269 Å². The van der Waals surface area contributed by atoms with Crippen LogP contribution in [0.1, 0.15) is 112 Å². The van der Waals surface area contributed by atoms with Gasteiger partial charge in [-0.25, -0.2) is 14.4 Å². The minimum absolute atomic E-state index is 0.191. The Morgan fingerprint density at radius 2 is 1.91 bits per heavy atom. The summed E-state index contributed by atoms with van der Waals surface area (Å²) < 4.78 is 12.8. The van der Waals surface area contributed by atoms with Crippen molar-refractivity contribution in [3.05, 3.63) is 58.2 Å². The van der Waals surface area contributed by atoms with Gasteiger partial charge in [0.15, 0.2) is 0 Å². The van der Waals surface area contributed by atoms with Crippen molar-refractivity contribution in [1.82, 2.24) is 19.8 Å². The number of nitrogens with two attached hydrogens (primary N) is 1. The van der Waals surface area contributed by atoms with Gasteiger partial charge in [0.1, 0.15) is 23.9 Å². The SMILES string of the molecule is C=C1N(C)CCC12CN(c1nc(CC)nc3c1CCCCCC(C)c1ccc(N)c(C#N)c1C3)C2.CC12CCCN1CC(F)C2. The van der Waals surface area contributed by atoms with E-state index in [0.29, 0.717) is 30.1 Å². The molecule has 0 saturated carbocycles. The maximum Gasteiger partial charge on any atom is 0.135 e. The molecule has 7 rings (SSSR count). The van der Waals surface area contributed by atoms with Gasteiger partial charge in [0, 0.05) is 74.0 Å². The lowest BCUT2D eigenvalue weighted by atomic mass is 9.76. The van der Waals surface area contributed by atoms with E-state index in [9.17, 15) is 9.65 Å². The van der Waals surface area contributed by atoms with Gasteiger partial charge in [-0.05, 0) is 81.5 Å². The molecule has 2 N–H and O–H groups in total. The quantitative estimate of drug-likeness (QED) is 0.385. The van der Waals surface area contributed by atoms with Crippen molar-refractivity contribution in [3.8, 4) is 6.07 Å². The summed E-state index contributed by atoms with van der Waals surface area (Å²) in [4.78, 5) is 17.2. The number of fused-ring (bicyclic) bond motifs is 3. The predicted molar refractivity (Wildman–Crippen MR) is 180 cm³/mol. The van der Waals surface area contributed by atoms with Crippen LogP contribution in [-0.2, 0) is 19.3 Å². The summed E-state index contributed by atoms with van der Waals surface area (Å²) in [6.45, 7) is 15.9. The number of nitrogens with zero attached hydrogens (tertiary/aromatic N) is 6. The van der Waals surface area contributed by atoms with Crippen LogP contribution in [0.2, 0.25) is 0 Å². The average molecular weight is 614 g/mol. The molecule has 0 bridgehead atoms. The van der Waals surface area contributed by atoms with E-state index in [2.05, 4.69) is 61.2 Å². The summed E-state index contributed by atoms with van der Waals surface area (Å²) in [6, 6.07) is 6.45. The predicted octanol–water partition coefficient (Wildman–Crippen LogP) is 6.54. The highest BCUT2D eigenvalue weighted by Crippen LogP contribution is 2.48. The Kier molecular flexibility index (Phi) is 8.86. The fraction of sp³-hybridized carbons (Fsp3) is 0.649. The molecular formula is C37H52FN7. The molecule has 0 radical (unpaired) electrons. The third kappa shape index (κ3) is 5.93. The van der Waals surface area contributed by atoms with Crippen LogP contribution in [0.4, 0.5) is 15.9 Å². The largest absolute Gasteiger partial charge is 0.398 e. The summed E-state index contributed by atoms with van der Waals surface area (Å²) >= 11 is 0. The number of nitrogen functional groups attached to an aromatic ring is 1. The van der Waals surface area contributed by atoms with Gasteiger partial charge in [0.05, 0.1) is 11.3 Å². The Morgan fingerprint density at radius 3 is 2.60 bits per heavy atom. The number of alkyl halides is 1. The molecule has 1 spiro atoms. The number of aromatic nitrogens is 2. The number of rotatable bonds is 2. The lowest BCUT2D eigenvalue weighted by Gasteiger charge is -2.50. The monoisotopic (exact) mass is 613 g/mol. The third-order valence-corrected chi connectivity index (χ3v) is 11.6. The molecule has 5 heterocycles. The van der Waals surface area contributed by atoms with Crippen LogP contribution in [0.5, 0.6) is 0 Å². The Balaban J connectivity index is 0.000000301. The highest BCUT2D eigenvalue weighted by molar-refractivity contribution is 5.63. The number of hydrogen-bond donors (Lipinski definition) is 1. The second-order valence-corrected chi connectivity index (χ2v) is 14.7. The van der Waals surface area contributed by atoms with Gasteiger partial charge in [-0.2, -0.15) is 5.26 Å². The molecule has 0 amide bonds. The number of aryl methyl sites for hydroxylation is 1. The van der Waals surface area contributed by atoms with E-state index in [0.717, 1.165) is 81.2 Å². The van der Waals surface area contributed by atoms with E-state index in [1.165, 1.54) is 48.9 Å². The van der Waals surface area contributed by atoms with Crippen LogP contribution in [0, 0.1) is 16.7 Å². The van der Waals surface area contributed by atoms with E-state index in [4.69, 9.17) is 15.7 Å². The molecule has 7 nitrogen and oxygen atoms in total. The molecule has 4 fully saturated rings. The van der Waals surface area contributed by atoms with E-state index in [-0.39, 0.29) is 11.0 Å². The standard InChI is InChI=1S/C29H38N6.C8H14FN/c1-5-27-32-26-15-23-21(11-12-25(31)24(23)16-30)19(2)9-7-6-8-10-22(26)28(33-27)35-17-29(18-35)13-14-34(4)20(29)3;1-8-3-2-4-10(8)6-7(9)5-8/h11-12,19H,3,5-10,13-15,17-18,31H2,1-2,4H3;7H,2-6H2,1H3. The molecule has 45 heavy (non-hydrogen) atoms. The Hall–Kier alpha value is -3.18. The van der Waals surface area contributed by atoms with Crippen LogP contribution in [-0.4, -0.2) is 71.2 Å². The first-order valence-electron chi connectivity index (χ1n) is 17.3. The van der Waals surface area contributed by atoms with Gasteiger partial charge < -0.3 is 15.5 Å². The van der Waals surface area contributed by atoms with Crippen molar-refractivity contribution >= 4 is 11.5 Å². The van der Waals surface area contributed by atoms with Crippen molar-refractivity contribution in [2.24, 2.45) is 5.41 Å². The van der Waals surface area contributed by atoms with Gasteiger partial charge in [0.25, 0.3) is 0 Å². The van der Waals surface area contributed by atoms with Crippen LogP contribution in [0.3, 0.4) is 0 Å². The van der Waals surface area contributed by atoms with Crippen molar-refractivity contribution in [1.29, 1.82) is 5.26 Å². The molecular weight excluding hydrogens is 561 g/mol. The summed E-state index contributed by atoms with van der Waals surface area (Å²) in [5.41, 5.74) is 13.8. The maximum atomic E-state index is 12.8. The molecule has 8 heteroatoms. The topological polar surface area (TPSA) is 85.3 Å². The lowest BCUT2D eigenvalue weighted by molar-refractivity contribution is 0.217. The van der Waals surface area contributed by atoms with Crippen molar-refractivity contribution in [3.63, 3.8) is 0 Å². The summed E-state index contributed by atoms with van der Waals surface area (Å²) in [7, 11) is 2.15. The Morgan fingerprint density at radius 1 is 1.11 bits per heavy atom. The van der Waals surface area contributed by atoms with E-state index >= 15 is 0 Å². The smallest absolute Gasteiger partial charge is 0.135 e. The van der Waals surface area contributed by atoms with Crippen LogP contribution in [0.25, 0.3) is 0 Å². The van der Waals surface area contributed by atoms with Gasteiger partial charge in [-0.15, -0.1) is 0 Å². The summed E-state index contributed by atoms with van der Waals surface area (Å²) in [5, 5.41) is 10.0. The molecule has 3 atom stereocenters. The number of halogens is 1. The zero-order chi connectivity index (χ0) is 31.9. The van der Waals surface area contributed by atoms with Gasteiger partial charge >= 0.3 is 0 Å². The zero-order valence-electron chi connectivity index (χ0n) is 28.0. The first-order chi connectivity index (χ1) is 21.6. The van der Waals surface area contributed by atoms with Crippen molar-refractivity contribution in [2.75, 3.05) is 50.4 Å². The zero-order valence-corrected chi connectivity index (χ0v) is 28.0. The fourth-order valence-electron chi connectivity index (χ4n) is 8.75. The van der Waals surface area contributed by atoms with Gasteiger partial charge in [0.2, 0.25) is 0 Å². The molecule has 1 aromatic carbocycles. The molecule has 4 aliphatic heterocycles. The lowest BCUT2D eigenvalue weighted by Crippen LogP contribution is -2.57. The first kappa shape index (κ1) is 31.8. The molecule has 242 valence electrons. The van der Waals surface area contributed by atoms with Gasteiger partial charge in [-0.1, -0.05) is 39.3 Å². The maximum absolute atomic E-state index is 12.8. The highest BCUT2D eigenvalue weighted by atomic mass is 19.1. The number of hydrogen-bond acceptors (Lipinski definition) is 7. The minimum Gasteiger partial charge on any atom is -0.398 e. The van der Waals surface area contributed by atoms with E-state index in [1.54, 1.807) is 0 Å². The molecule has 1 aromatic heterocycles. The van der Waals surface area contributed by atoms with Gasteiger partial charge in [-0.3, -0.25) is 4.90 Å². The summed E-state index contributed by atoms with van der Waals surface area (Å²) in [6.07, 6.45) is 10.9. The number of benzene rings is 1. The minimum atomic E-state index is -0.551. The number of anilines is 2. The normalized spacial score (nSPS) is 27.5. The van der Waals surface area contributed by atoms with E-state index < -0.39 is 6.17 Å². The number of nitriles is 1. The van der Waals surface area contributed by atoms with E-state index in [1.807, 2.05) is 6.07 Å². The second-order valence-electron chi connectivity index (χ2n) is 14.7. The molecule has 4 saturated heterocycles. The van der Waals surface area contributed by atoms with Crippen molar-refractivity contribution in [2.45, 2.75) is 109 Å². The second kappa shape index (κ2) is 12.5. The fourth-order valence-corrected chi connectivity index (χ4v) is 8.75. The van der Waals surface area contributed by atoms with Crippen molar-refractivity contribution < 1.29 is 4.39 Å². The molecule has 1 aliphatic carbocycles. The molecule has 2 aromatic rings. The molecule has 3 unspecified atom stereocenters. The van der Waals surface area contributed by atoms with Crippen LogP contribution >= 0.6 is 0 Å². The van der Waals surface area contributed by atoms with Crippen LogP contribution in [0.15, 0.2) is 24.4 Å². The highest BCUT2D eigenvalue weighted by Gasteiger charge is 2.50. The van der Waals surface area contributed by atoms with Crippen LogP contribution < -0.4 is 10.6 Å². The Bertz CT molecular complexity index is 1470. The summed E-state index contributed by atoms with van der Waals surface area (Å²) in [5.74, 6) is 2.39.